The van der Waals surface area contributed by atoms with Crippen molar-refractivity contribution in [2.45, 2.75) is 91.1 Å². The highest BCUT2D eigenvalue weighted by Gasteiger charge is 2.30. The van der Waals surface area contributed by atoms with Crippen molar-refractivity contribution in [2.24, 2.45) is 0 Å². The highest BCUT2D eigenvalue weighted by molar-refractivity contribution is 5.33. The molecule has 1 saturated heterocycles. The van der Waals surface area contributed by atoms with E-state index >= 15 is 0 Å². The maximum atomic E-state index is 3.96. The molecule has 2 unspecified atom stereocenters. The molecule has 3 heteroatoms. The first-order valence-electron chi connectivity index (χ1n) is 11.8. The standard InChI is InChI=1S/C25H45N3/c1-6-8-10-17-28(18-11-9-7-2)20-26-25-24(13-12-16-27(25)5)23-15-14-21(3)22(4)19-23/h14-15,19,24-26H,6-13,16-18,20H2,1-5H3. The van der Waals surface area contributed by atoms with Crippen LogP contribution in [0.15, 0.2) is 18.2 Å². The third kappa shape index (κ3) is 7.17. The number of piperidine rings is 1. The van der Waals surface area contributed by atoms with E-state index in [2.05, 4.69) is 68.1 Å². The van der Waals surface area contributed by atoms with Gasteiger partial charge >= 0.3 is 0 Å². The molecule has 0 spiro atoms. The van der Waals surface area contributed by atoms with E-state index in [1.165, 1.54) is 87.7 Å². The Morgan fingerprint density at radius 3 is 2.29 bits per heavy atom. The summed E-state index contributed by atoms with van der Waals surface area (Å²) < 4.78 is 0. The summed E-state index contributed by atoms with van der Waals surface area (Å²) in [4.78, 5) is 5.20. The molecule has 1 aromatic rings. The van der Waals surface area contributed by atoms with Crippen molar-refractivity contribution < 1.29 is 0 Å². The number of rotatable bonds is 12. The molecule has 0 bridgehead atoms. The number of likely N-dealkylation sites (tertiary alicyclic amines) is 1. The number of unbranched alkanes of at least 4 members (excludes halogenated alkanes) is 4. The van der Waals surface area contributed by atoms with Crippen LogP contribution in [0.3, 0.4) is 0 Å². The number of hydrogen-bond acceptors (Lipinski definition) is 3. The molecule has 1 heterocycles. The van der Waals surface area contributed by atoms with Crippen molar-refractivity contribution >= 4 is 0 Å². The second-order valence-corrected chi connectivity index (χ2v) is 8.91. The fourth-order valence-electron chi connectivity index (χ4n) is 4.47. The molecule has 1 N–H and O–H groups in total. The average Bonchev–Trinajstić information content (AvgIpc) is 2.68. The number of likely N-dealkylation sites (N-methyl/N-ethyl adjacent to an activating group) is 1. The fraction of sp³-hybridized carbons (Fsp3) is 0.760. The monoisotopic (exact) mass is 387 g/mol. The molecule has 1 fully saturated rings. The summed E-state index contributed by atoms with van der Waals surface area (Å²) in [6.07, 6.45) is 11.0. The Bertz CT molecular complexity index is 547. The van der Waals surface area contributed by atoms with Gasteiger partial charge in [-0.3, -0.25) is 15.1 Å². The van der Waals surface area contributed by atoms with E-state index in [1.807, 2.05) is 0 Å². The molecule has 1 aromatic carbocycles. The molecule has 0 aromatic heterocycles. The van der Waals surface area contributed by atoms with Crippen LogP contribution in [0, 0.1) is 13.8 Å². The molecule has 0 amide bonds. The zero-order chi connectivity index (χ0) is 20.4. The molecule has 28 heavy (non-hydrogen) atoms. The largest absolute Gasteiger partial charge is 0.291 e. The van der Waals surface area contributed by atoms with Crippen LogP contribution in [0.5, 0.6) is 0 Å². The summed E-state index contributed by atoms with van der Waals surface area (Å²) in [5, 5.41) is 3.96. The number of benzene rings is 1. The first kappa shape index (κ1) is 23.4. The summed E-state index contributed by atoms with van der Waals surface area (Å²) in [6, 6.07) is 7.09. The van der Waals surface area contributed by atoms with Gasteiger partial charge in [0.05, 0.1) is 6.17 Å². The molecular weight excluding hydrogens is 342 g/mol. The minimum Gasteiger partial charge on any atom is -0.291 e. The van der Waals surface area contributed by atoms with Crippen LogP contribution >= 0.6 is 0 Å². The molecule has 1 aliphatic rings. The van der Waals surface area contributed by atoms with Crippen LogP contribution < -0.4 is 5.32 Å². The molecule has 0 radical (unpaired) electrons. The van der Waals surface area contributed by atoms with Crippen LogP contribution in [0.1, 0.15) is 87.8 Å². The lowest BCUT2D eigenvalue weighted by molar-refractivity contribution is 0.104. The van der Waals surface area contributed by atoms with Gasteiger partial charge in [0.1, 0.15) is 0 Å². The van der Waals surface area contributed by atoms with Crippen molar-refractivity contribution in [2.75, 3.05) is 33.4 Å². The van der Waals surface area contributed by atoms with Gasteiger partial charge in [-0.15, -0.1) is 0 Å². The van der Waals surface area contributed by atoms with Gasteiger partial charge < -0.3 is 0 Å². The zero-order valence-electron chi connectivity index (χ0n) is 19.3. The summed E-state index contributed by atoms with van der Waals surface area (Å²) >= 11 is 0. The van der Waals surface area contributed by atoms with Crippen molar-refractivity contribution in [3.8, 4) is 0 Å². The van der Waals surface area contributed by atoms with E-state index < -0.39 is 0 Å². The average molecular weight is 388 g/mol. The molecule has 0 saturated carbocycles. The molecular formula is C25H45N3. The van der Waals surface area contributed by atoms with E-state index in [0.29, 0.717) is 12.1 Å². The maximum absolute atomic E-state index is 3.96. The van der Waals surface area contributed by atoms with Gasteiger partial charge in [0.2, 0.25) is 0 Å². The van der Waals surface area contributed by atoms with Crippen molar-refractivity contribution in [3.63, 3.8) is 0 Å². The summed E-state index contributed by atoms with van der Waals surface area (Å²) in [5.74, 6) is 0.589. The van der Waals surface area contributed by atoms with Gasteiger partial charge in [-0.1, -0.05) is 57.7 Å². The molecule has 2 rings (SSSR count). The van der Waals surface area contributed by atoms with Crippen molar-refractivity contribution in [3.05, 3.63) is 34.9 Å². The van der Waals surface area contributed by atoms with Gasteiger partial charge in [-0.25, -0.2) is 0 Å². The third-order valence-electron chi connectivity index (χ3n) is 6.52. The molecule has 3 nitrogen and oxygen atoms in total. The predicted octanol–water partition coefficient (Wildman–Crippen LogP) is 5.67. The Labute approximate surface area is 174 Å². The number of hydrogen-bond donors (Lipinski definition) is 1. The first-order valence-corrected chi connectivity index (χ1v) is 11.8. The summed E-state index contributed by atoms with van der Waals surface area (Å²) in [6.45, 7) is 13.7. The van der Waals surface area contributed by atoms with Gasteiger partial charge in [0.15, 0.2) is 0 Å². The van der Waals surface area contributed by atoms with E-state index in [0.717, 1.165) is 6.67 Å². The Hall–Kier alpha value is -0.900. The lowest BCUT2D eigenvalue weighted by Crippen LogP contribution is -2.53. The van der Waals surface area contributed by atoms with Crippen LogP contribution in [0.2, 0.25) is 0 Å². The van der Waals surface area contributed by atoms with Crippen molar-refractivity contribution in [1.29, 1.82) is 0 Å². The number of nitrogens with zero attached hydrogens (tertiary/aromatic N) is 2. The Kier molecular flexibility index (Phi) is 10.5. The zero-order valence-corrected chi connectivity index (χ0v) is 19.3. The van der Waals surface area contributed by atoms with E-state index in [4.69, 9.17) is 0 Å². The minimum atomic E-state index is 0.440. The summed E-state index contributed by atoms with van der Waals surface area (Å²) in [5.41, 5.74) is 4.33. The minimum absolute atomic E-state index is 0.440. The highest BCUT2D eigenvalue weighted by atomic mass is 15.3. The van der Waals surface area contributed by atoms with E-state index in [9.17, 15) is 0 Å². The topological polar surface area (TPSA) is 18.5 Å². The maximum Gasteiger partial charge on any atom is 0.0675 e. The van der Waals surface area contributed by atoms with Crippen LogP contribution in [-0.2, 0) is 0 Å². The molecule has 2 atom stereocenters. The van der Waals surface area contributed by atoms with E-state index in [-0.39, 0.29) is 0 Å². The first-order chi connectivity index (χ1) is 13.6. The normalized spacial score (nSPS) is 20.8. The smallest absolute Gasteiger partial charge is 0.0675 e. The van der Waals surface area contributed by atoms with Crippen LogP contribution in [0.25, 0.3) is 0 Å². The number of nitrogens with one attached hydrogen (secondary N) is 1. The molecule has 0 aliphatic carbocycles. The lowest BCUT2D eigenvalue weighted by Gasteiger charge is -2.41. The highest BCUT2D eigenvalue weighted by Crippen LogP contribution is 2.31. The van der Waals surface area contributed by atoms with Gasteiger partial charge in [0.25, 0.3) is 0 Å². The molecule has 1 aliphatic heterocycles. The van der Waals surface area contributed by atoms with Gasteiger partial charge in [-0.05, 0) is 82.9 Å². The Morgan fingerprint density at radius 2 is 1.68 bits per heavy atom. The Morgan fingerprint density at radius 1 is 1.00 bits per heavy atom. The fourth-order valence-corrected chi connectivity index (χ4v) is 4.47. The van der Waals surface area contributed by atoms with Crippen molar-refractivity contribution in [1.82, 2.24) is 15.1 Å². The van der Waals surface area contributed by atoms with Crippen LogP contribution in [0.4, 0.5) is 0 Å². The SMILES string of the molecule is CCCCCN(CCCCC)CNC1C(c2ccc(C)c(C)c2)CCCN1C. The number of aryl methyl sites for hydroxylation is 2. The second kappa shape index (κ2) is 12.6. The predicted molar refractivity (Wildman–Crippen MR) is 123 cm³/mol. The quantitative estimate of drug-likeness (QED) is 0.368. The second-order valence-electron chi connectivity index (χ2n) is 8.91. The van der Waals surface area contributed by atoms with Gasteiger partial charge in [-0.2, -0.15) is 0 Å². The summed E-state index contributed by atoms with van der Waals surface area (Å²) in [7, 11) is 2.30. The molecule has 160 valence electrons. The van der Waals surface area contributed by atoms with E-state index in [1.54, 1.807) is 0 Å². The Balaban J connectivity index is 2.01. The lowest BCUT2D eigenvalue weighted by atomic mass is 9.86. The van der Waals surface area contributed by atoms with Gasteiger partial charge in [0, 0.05) is 12.6 Å². The van der Waals surface area contributed by atoms with Crippen LogP contribution in [-0.4, -0.2) is 49.3 Å². The third-order valence-corrected chi connectivity index (χ3v) is 6.52.